The van der Waals surface area contributed by atoms with Gasteiger partial charge in [0.25, 0.3) is 0 Å². The van der Waals surface area contributed by atoms with E-state index in [1.54, 1.807) is 9.80 Å². The topological polar surface area (TPSA) is 82.6 Å². The number of halogens is 1. The number of hydrogen-bond donors (Lipinski definition) is 1. The zero-order valence-corrected chi connectivity index (χ0v) is 17.8. The lowest BCUT2D eigenvalue weighted by Crippen LogP contribution is -2.52. The number of aliphatic hydroxyl groups excluding tert-OH is 1. The fourth-order valence-electron chi connectivity index (χ4n) is 4.59. The second-order valence-electron chi connectivity index (χ2n) is 9.43. The minimum atomic E-state index is -1.06. The normalized spacial score (nSPS) is 33.3. The average molecular weight is 416 g/mol. The number of aliphatic hydroxyl groups is 1. The maximum absolute atomic E-state index is 15.1. The van der Waals surface area contributed by atoms with Crippen molar-refractivity contribution >= 4 is 12.2 Å². The van der Waals surface area contributed by atoms with Gasteiger partial charge in [0.2, 0.25) is 0 Å². The second kappa shape index (κ2) is 8.63. The van der Waals surface area contributed by atoms with Crippen LogP contribution in [0.4, 0.5) is 14.0 Å². The SMILES string of the molecule is CN(C1CCN(C(=O)OC(C)(C)C)C1)C1CCC(N2C[C@H](CO)OC2=O)CC1F. The molecule has 2 aliphatic heterocycles. The minimum absolute atomic E-state index is 0.0952. The van der Waals surface area contributed by atoms with E-state index < -0.39 is 24.0 Å². The van der Waals surface area contributed by atoms with Gasteiger partial charge < -0.3 is 24.4 Å². The lowest BCUT2D eigenvalue weighted by molar-refractivity contribution is 0.0223. The third kappa shape index (κ3) is 5.12. The summed E-state index contributed by atoms with van der Waals surface area (Å²) in [5.74, 6) is 0. The molecule has 5 atom stereocenters. The van der Waals surface area contributed by atoms with Gasteiger partial charge in [0, 0.05) is 37.6 Å². The van der Waals surface area contributed by atoms with Crippen molar-refractivity contribution in [2.24, 2.45) is 0 Å². The Morgan fingerprint density at radius 3 is 2.62 bits per heavy atom. The highest BCUT2D eigenvalue weighted by Crippen LogP contribution is 2.33. The third-order valence-electron chi connectivity index (χ3n) is 6.17. The largest absolute Gasteiger partial charge is 0.444 e. The molecule has 3 fully saturated rings. The van der Waals surface area contributed by atoms with Gasteiger partial charge in [-0.25, -0.2) is 14.0 Å². The molecule has 1 saturated carbocycles. The summed E-state index contributed by atoms with van der Waals surface area (Å²) in [6.45, 7) is 6.78. The zero-order valence-electron chi connectivity index (χ0n) is 17.8. The van der Waals surface area contributed by atoms with E-state index in [2.05, 4.69) is 4.90 Å². The lowest BCUT2D eigenvalue weighted by atomic mass is 9.87. The molecular formula is C20H34FN3O5. The molecule has 2 saturated heterocycles. The van der Waals surface area contributed by atoms with Crippen LogP contribution in [-0.4, -0.2) is 101 Å². The number of rotatable bonds is 4. The Kier molecular flexibility index (Phi) is 6.57. The summed E-state index contributed by atoms with van der Waals surface area (Å²) in [5, 5.41) is 9.19. The number of amides is 2. The Morgan fingerprint density at radius 2 is 2.03 bits per heavy atom. The number of nitrogens with zero attached hydrogens (tertiary/aromatic N) is 3. The summed E-state index contributed by atoms with van der Waals surface area (Å²) in [4.78, 5) is 29.6. The fraction of sp³-hybridized carbons (Fsp3) is 0.900. The summed E-state index contributed by atoms with van der Waals surface area (Å²) in [5.41, 5.74) is -0.532. The second-order valence-corrected chi connectivity index (χ2v) is 9.43. The van der Waals surface area contributed by atoms with Gasteiger partial charge in [-0.2, -0.15) is 0 Å². The van der Waals surface area contributed by atoms with Crippen molar-refractivity contribution in [3.8, 4) is 0 Å². The number of cyclic esters (lactones) is 1. The average Bonchev–Trinajstić information content (AvgIpc) is 3.26. The standard InChI is InChI=1S/C20H34FN3O5/c1-20(2,3)29-18(26)23-8-7-14(10-23)22(4)17-6-5-13(9-16(17)21)24-11-15(12-25)28-19(24)27/h13-17,25H,5-12H2,1-4H3/t13?,14?,15-,16?,17?/m1/s1. The number of alkyl halides is 1. The smallest absolute Gasteiger partial charge is 0.410 e. The van der Waals surface area contributed by atoms with E-state index in [4.69, 9.17) is 9.47 Å². The first-order chi connectivity index (χ1) is 13.6. The fourth-order valence-corrected chi connectivity index (χ4v) is 4.59. The molecule has 0 aromatic rings. The lowest BCUT2D eigenvalue weighted by Gasteiger charge is -2.41. The van der Waals surface area contributed by atoms with Crippen molar-refractivity contribution in [3.63, 3.8) is 0 Å². The van der Waals surface area contributed by atoms with Crippen LogP contribution in [0.3, 0.4) is 0 Å². The van der Waals surface area contributed by atoms with Crippen molar-refractivity contribution in [3.05, 3.63) is 0 Å². The van der Waals surface area contributed by atoms with Gasteiger partial charge >= 0.3 is 12.2 Å². The number of ether oxygens (including phenoxy) is 2. The van der Waals surface area contributed by atoms with E-state index in [0.717, 1.165) is 6.42 Å². The quantitative estimate of drug-likeness (QED) is 0.756. The third-order valence-corrected chi connectivity index (χ3v) is 6.17. The van der Waals surface area contributed by atoms with Crippen molar-refractivity contribution < 1.29 is 28.6 Å². The molecule has 4 unspecified atom stereocenters. The van der Waals surface area contributed by atoms with Gasteiger partial charge in [-0.3, -0.25) is 4.90 Å². The Bertz CT molecular complexity index is 613. The molecule has 0 radical (unpaired) electrons. The van der Waals surface area contributed by atoms with Crippen LogP contribution in [-0.2, 0) is 9.47 Å². The molecule has 2 heterocycles. The van der Waals surface area contributed by atoms with E-state index in [0.29, 0.717) is 32.5 Å². The van der Waals surface area contributed by atoms with Crippen LogP contribution >= 0.6 is 0 Å². The van der Waals surface area contributed by atoms with Gasteiger partial charge in [0.05, 0.1) is 13.2 Å². The molecule has 1 aliphatic carbocycles. The Labute approximate surface area is 171 Å². The zero-order chi connectivity index (χ0) is 21.3. The van der Waals surface area contributed by atoms with E-state index >= 15 is 4.39 Å². The summed E-state index contributed by atoms with van der Waals surface area (Å²) in [6.07, 6.45) is 0.0404. The number of hydrogen-bond acceptors (Lipinski definition) is 6. The van der Waals surface area contributed by atoms with Crippen molar-refractivity contribution in [2.45, 2.75) is 82.5 Å². The highest BCUT2D eigenvalue weighted by atomic mass is 19.1. The van der Waals surface area contributed by atoms with Crippen LogP contribution in [0, 0.1) is 0 Å². The molecule has 0 aromatic heterocycles. The maximum atomic E-state index is 15.1. The summed E-state index contributed by atoms with van der Waals surface area (Å²) >= 11 is 0. The van der Waals surface area contributed by atoms with Gasteiger partial charge in [-0.05, 0) is 47.1 Å². The summed E-state index contributed by atoms with van der Waals surface area (Å²) in [7, 11) is 1.92. The molecule has 29 heavy (non-hydrogen) atoms. The first-order valence-corrected chi connectivity index (χ1v) is 10.5. The minimum Gasteiger partial charge on any atom is -0.444 e. The molecule has 8 nitrogen and oxygen atoms in total. The maximum Gasteiger partial charge on any atom is 0.410 e. The predicted octanol–water partition coefficient (Wildman–Crippen LogP) is 2.00. The number of likely N-dealkylation sites (N-methyl/N-ethyl adjacent to an activating group) is 1. The van der Waals surface area contributed by atoms with E-state index in [1.165, 1.54) is 0 Å². The Hall–Kier alpha value is -1.61. The van der Waals surface area contributed by atoms with Crippen LogP contribution in [0.1, 0.15) is 46.5 Å². The molecule has 166 valence electrons. The number of carbonyl (C=O) groups excluding carboxylic acids is 2. The van der Waals surface area contributed by atoms with Gasteiger partial charge in [-0.1, -0.05) is 0 Å². The van der Waals surface area contributed by atoms with Crippen molar-refractivity contribution in [2.75, 3.05) is 33.3 Å². The summed E-state index contributed by atoms with van der Waals surface area (Å²) in [6, 6.07) is -0.333. The van der Waals surface area contributed by atoms with E-state index in [-0.39, 0.29) is 37.2 Å². The van der Waals surface area contributed by atoms with Gasteiger partial charge in [-0.15, -0.1) is 0 Å². The molecule has 0 bridgehead atoms. The van der Waals surface area contributed by atoms with Crippen molar-refractivity contribution in [1.29, 1.82) is 0 Å². The van der Waals surface area contributed by atoms with Gasteiger partial charge in [0.15, 0.2) is 0 Å². The van der Waals surface area contributed by atoms with Crippen LogP contribution in [0.25, 0.3) is 0 Å². The molecule has 3 aliphatic rings. The predicted molar refractivity (Wildman–Crippen MR) is 104 cm³/mol. The monoisotopic (exact) mass is 415 g/mol. The van der Waals surface area contributed by atoms with E-state index in [9.17, 15) is 14.7 Å². The number of carbonyl (C=O) groups is 2. The number of likely N-dealkylation sites (tertiary alicyclic amines) is 1. The molecular weight excluding hydrogens is 381 g/mol. The molecule has 2 amide bonds. The Morgan fingerprint density at radius 1 is 1.31 bits per heavy atom. The molecule has 1 N–H and O–H groups in total. The first-order valence-electron chi connectivity index (χ1n) is 10.5. The first kappa shape index (κ1) is 22.1. The van der Waals surface area contributed by atoms with Crippen LogP contribution in [0.5, 0.6) is 0 Å². The van der Waals surface area contributed by atoms with Gasteiger partial charge in [0.1, 0.15) is 17.9 Å². The van der Waals surface area contributed by atoms with Crippen molar-refractivity contribution in [1.82, 2.24) is 14.7 Å². The molecule has 0 spiro atoms. The molecule has 0 aromatic carbocycles. The molecule has 9 heteroatoms. The summed E-state index contributed by atoms with van der Waals surface area (Å²) < 4.78 is 25.6. The molecule has 3 rings (SSSR count). The van der Waals surface area contributed by atoms with Crippen LogP contribution in [0.2, 0.25) is 0 Å². The van der Waals surface area contributed by atoms with Crippen LogP contribution in [0.15, 0.2) is 0 Å². The Balaban J connectivity index is 1.52. The highest BCUT2D eigenvalue weighted by molar-refractivity contribution is 5.70. The van der Waals surface area contributed by atoms with Crippen LogP contribution < -0.4 is 0 Å². The van der Waals surface area contributed by atoms with E-state index in [1.807, 2.05) is 27.8 Å². The highest BCUT2D eigenvalue weighted by Gasteiger charge is 2.43.